The summed E-state index contributed by atoms with van der Waals surface area (Å²) in [5.74, 6) is 0.723. The molecule has 4 rings (SSSR count). The molecule has 1 aliphatic heterocycles. The van der Waals surface area contributed by atoms with Crippen LogP contribution >= 0.6 is 23.2 Å². The second-order valence-electron chi connectivity index (χ2n) is 8.55. The van der Waals surface area contributed by atoms with Crippen LogP contribution in [-0.4, -0.2) is 79.8 Å². The zero-order chi connectivity index (χ0) is 27.4. The van der Waals surface area contributed by atoms with Gasteiger partial charge in [-0.3, -0.25) is 9.59 Å². The molecule has 2 N–H and O–H groups in total. The number of likely N-dealkylation sites (tertiary alicyclic amines) is 1. The first-order valence-electron chi connectivity index (χ1n) is 11.6. The van der Waals surface area contributed by atoms with Crippen LogP contribution in [0.25, 0.3) is 22.0 Å². The van der Waals surface area contributed by atoms with Crippen molar-refractivity contribution >= 4 is 51.9 Å². The van der Waals surface area contributed by atoms with Gasteiger partial charge in [0.05, 0.1) is 41.9 Å². The number of rotatable bonds is 9. The molecule has 1 aliphatic rings. The zero-order valence-corrected chi connectivity index (χ0v) is 22.6. The van der Waals surface area contributed by atoms with Crippen LogP contribution in [-0.2, 0) is 14.3 Å². The molecule has 0 spiro atoms. The van der Waals surface area contributed by atoms with E-state index in [1.165, 1.54) is 27.4 Å². The summed E-state index contributed by atoms with van der Waals surface area (Å²) in [7, 11) is 4.50. The Bertz CT molecular complexity index is 1360. The number of carbonyl (C=O) groups excluding carboxylic acids is 2. The molecule has 0 unspecified atom stereocenters. The number of anilines is 1. The maximum atomic E-state index is 12.4. The summed E-state index contributed by atoms with van der Waals surface area (Å²) >= 11 is 13.2. The average Bonchev–Trinajstić information content (AvgIpc) is 3.31. The highest BCUT2D eigenvalue weighted by Gasteiger charge is 2.36. The van der Waals surface area contributed by atoms with Crippen molar-refractivity contribution in [2.45, 2.75) is 12.1 Å². The van der Waals surface area contributed by atoms with E-state index in [1.807, 2.05) is 18.2 Å². The minimum Gasteiger partial charge on any atom is -0.495 e. The maximum absolute atomic E-state index is 12.4. The number of nitrogens with one attached hydrogen (secondary N) is 2. The fourth-order valence-electron chi connectivity index (χ4n) is 4.32. The molecular formula is C26H27Cl2N5O5. The van der Waals surface area contributed by atoms with Crippen molar-refractivity contribution in [3.8, 4) is 22.6 Å². The first-order chi connectivity index (χ1) is 18.3. The third-order valence-corrected chi connectivity index (χ3v) is 6.96. The number of hydrogen-bond acceptors (Lipinski definition) is 8. The fraction of sp³-hybridized carbons (Fsp3) is 0.308. The van der Waals surface area contributed by atoms with Gasteiger partial charge in [0.25, 0.3) is 0 Å². The van der Waals surface area contributed by atoms with Crippen molar-refractivity contribution in [1.29, 1.82) is 0 Å². The Labute approximate surface area is 229 Å². The van der Waals surface area contributed by atoms with Crippen molar-refractivity contribution in [1.82, 2.24) is 20.2 Å². The highest BCUT2D eigenvalue weighted by atomic mass is 35.5. The van der Waals surface area contributed by atoms with Gasteiger partial charge in [0.2, 0.25) is 17.8 Å². The van der Waals surface area contributed by atoms with Gasteiger partial charge in [-0.15, -0.1) is 0 Å². The lowest BCUT2D eigenvalue weighted by molar-refractivity contribution is -0.134. The molecule has 12 heteroatoms. The van der Waals surface area contributed by atoms with Gasteiger partial charge in [0.15, 0.2) is 0 Å². The molecule has 0 aliphatic carbocycles. The number of fused-ring (bicyclic) bond motifs is 1. The monoisotopic (exact) mass is 559 g/mol. The normalized spacial score (nSPS) is 16.8. The second-order valence-corrected chi connectivity index (χ2v) is 9.31. The predicted octanol–water partition coefficient (Wildman–Crippen LogP) is 3.56. The average molecular weight is 560 g/mol. The van der Waals surface area contributed by atoms with Crippen LogP contribution in [0, 0.1) is 0 Å². The molecule has 0 bridgehead atoms. The van der Waals surface area contributed by atoms with E-state index in [-0.39, 0.29) is 30.5 Å². The smallest absolute Gasteiger partial charge is 0.248 e. The Balaban J connectivity index is 1.62. The third kappa shape index (κ3) is 5.62. The quantitative estimate of drug-likeness (QED) is 0.382. The third-order valence-electron chi connectivity index (χ3n) is 6.21. The van der Waals surface area contributed by atoms with Crippen LogP contribution in [0.5, 0.6) is 11.5 Å². The summed E-state index contributed by atoms with van der Waals surface area (Å²) in [6, 6.07) is 6.50. The van der Waals surface area contributed by atoms with Crippen LogP contribution in [0.15, 0.2) is 43.1 Å². The second kappa shape index (κ2) is 11.8. The summed E-state index contributed by atoms with van der Waals surface area (Å²) in [5.41, 5.74) is 1.98. The minimum atomic E-state index is -0.365. The van der Waals surface area contributed by atoms with E-state index in [0.717, 1.165) is 10.9 Å². The molecule has 2 atom stereocenters. The Kier molecular flexibility index (Phi) is 8.55. The van der Waals surface area contributed by atoms with Gasteiger partial charge in [-0.25, -0.2) is 9.97 Å². The molecule has 2 amide bonds. The molecule has 2 aromatic carbocycles. The van der Waals surface area contributed by atoms with Crippen LogP contribution in [0.3, 0.4) is 0 Å². The molecule has 0 radical (unpaired) electrons. The molecule has 0 saturated carbocycles. The highest BCUT2D eigenvalue weighted by molar-refractivity contribution is 6.41. The van der Waals surface area contributed by atoms with E-state index in [2.05, 4.69) is 27.2 Å². The van der Waals surface area contributed by atoms with Gasteiger partial charge in [0, 0.05) is 43.4 Å². The summed E-state index contributed by atoms with van der Waals surface area (Å²) in [4.78, 5) is 35.0. The SMILES string of the molecule is C=CC(=O)N[C@H]1CN(C(=O)COC)C[C@H]1Nc1ncc2cc(-c3c(Cl)c(OC)cc(OC)c3Cl)ccc2n1. The molecule has 1 saturated heterocycles. The van der Waals surface area contributed by atoms with Crippen LogP contribution in [0.1, 0.15) is 0 Å². The first-order valence-corrected chi connectivity index (χ1v) is 12.4. The molecule has 10 nitrogen and oxygen atoms in total. The standard InChI is InChI=1S/C26H27Cl2N5O5/c1-5-21(34)30-17-11-33(22(35)13-36-2)12-18(17)32-26-29-10-15-8-14(6-7-16(15)31-26)23-24(27)19(37-3)9-20(38-4)25(23)28/h5-10,17-18H,1,11-13H2,2-4H3,(H,30,34)(H,29,31,32)/t17-,18+/m0/s1. The first kappa shape index (κ1) is 27.4. The summed E-state index contributed by atoms with van der Waals surface area (Å²) in [6.45, 7) is 4.12. The van der Waals surface area contributed by atoms with Crippen molar-refractivity contribution in [2.75, 3.05) is 46.3 Å². The number of aromatic nitrogens is 2. The number of benzene rings is 2. The Morgan fingerprint density at radius 1 is 1.11 bits per heavy atom. The van der Waals surface area contributed by atoms with Gasteiger partial charge < -0.3 is 29.7 Å². The van der Waals surface area contributed by atoms with E-state index in [4.69, 9.17) is 37.4 Å². The van der Waals surface area contributed by atoms with Crippen LogP contribution in [0.4, 0.5) is 5.95 Å². The van der Waals surface area contributed by atoms with Crippen molar-refractivity contribution in [3.63, 3.8) is 0 Å². The lowest BCUT2D eigenvalue weighted by Crippen LogP contribution is -2.45. The lowest BCUT2D eigenvalue weighted by Gasteiger charge is -2.20. The molecule has 1 aromatic heterocycles. The van der Waals surface area contributed by atoms with Gasteiger partial charge in [-0.05, 0) is 23.8 Å². The van der Waals surface area contributed by atoms with E-state index in [1.54, 1.807) is 17.2 Å². The van der Waals surface area contributed by atoms with E-state index in [9.17, 15) is 9.59 Å². The summed E-state index contributed by atoms with van der Waals surface area (Å²) in [5, 5.41) is 7.59. The van der Waals surface area contributed by atoms with Crippen LogP contribution in [0.2, 0.25) is 10.0 Å². The molecule has 1 fully saturated rings. The molecule has 38 heavy (non-hydrogen) atoms. The predicted molar refractivity (Wildman–Crippen MR) is 146 cm³/mol. The van der Waals surface area contributed by atoms with Gasteiger partial charge >= 0.3 is 0 Å². The summed E-state index contributed by atoms with van der Waals surface area (Å²) in [6.07, 6.45) is 2.87. The molecule has 2 heterocycles. The van der Waals surface area contributed by atoms with Crippen molar-refractivity contribution in [2.24, 2.45) is 0 Å². The number of amides is 2. The topological polar surface area (TPSA) is 115 Å². The fourth-order valence-corrected chi connectivity index (χ4v) is 5.04. The largest absolute Gasteiger partial charge is 0.495 e. The molecule has 200 valence electrons. The Morgan fingerprint density at radius 2 is 1.79 bits per heavy atom. The van der Waals surface area contributed by atoms with E-state index >= 15 is 0 Å². The number of ether oxygens (including phenoxy) is 3. The molecular weight excluding hydrogens is 533 g/mol. The number of halogens is 2. The number of methoxy groups -OCH3 is 3. The Morgan fingerprint density at radius 3 is 2.42 bits per heavy atom. The number of hydrogen-bond donors (Lipinski definition) is 2. The van der Waals surface area contributed by atoms with Gasteiger partial charge in [-0.2, -0.15) is 0 Å². The van der Waals surface area contributed by atoms with Gasteiger partial charge in [-0.1, -0.05) is 35.8 Å². The zero-order valence-electron chi connectivity index (χ0n) is 21.1. The maximum Gasteiger partial charge on any atom is 0.248 e. The highest BCUT2D eigenvalue weighted by Crippen LogP contribution is 2.46. The van der Waals surface area contributed by atoms with E-state index in [0.29, 0.717) is 51.7 Å². The minimum absolute atomic E-state index is 0.0448. The Hall–Kier alpha value is -3.60. The van der Waals surface area contributed by atoms with E-state index < -0.39 is 0 Å². The summed E-state index contributed by atoms with van der Waals surface area (Å²) < 4.78 is 15.7. The molecule has 3 aromatic rings. The number of nitrogens with zero attached hydrogens (tertiary/aromatic N) is 3. The van der Waals surface area contributed by atoms with Crippen molar-refractivity contribution < 1.29 is 23.8 Å². The van der Waals surface area contributed by atoms with Crippen LogP contribution < -0.4 is 20.1 Å². The lowest BCUT2D eigenvalue weighted by atomic mass is 10.0. The van der Waals surface area contributed by atoms with Gasteiger partial charge in [0.1, 0.15) is 18.1 Å². The van der Waals surface area contributed by atoms with Crippen molar-refractivity contribution in [3.05, 3.63) is 53.2 Å². The number of carbonyl (C=O) groups is 2.